The Bertz CT molecular complexity index is 505. The Labute approximate surface area is 101 Å². The molecule has 0 radical (unpaired) electrons. The quantitative estimate of drug-likeness (QED) is 0.752. The first-order chi connectivity index (χ1) is 8.20. The second kappa shape index (κ2) is 4.93. The van der Waals surface area contributed by atoms with Gasteiger partial charge >= 0.3 is 0 Å². The fourth-order valence-corrected chi connectivity index (χ4v) is 1.79. The van der Waals surface area contributed by atoms with Gasteiger partial charge in [-0.25, -0.2) is 0 Å². The number of phenolic OH excluding ortho intramolecular Hbond substituents is 1. The summed E-state index contributed by atoms with van der Waals surface area (Å²) < 4.78 is 2.08. The van der Waals surface area contributed by atoms with Crippen LogP contribution in [0.25, 0.3) is 0 Å². The van der Waals surface area contributed by atoms with Crippen LogP contribution in [0.15, 0.2) is 36.4 Å². The van der Waals surface area contributed by atoms with E-state index in [-0.39, 0.29) is 5.75 Å². The topological polar surface area (TPSA) is 63.2 Å². The molecule has 1 heterocycles. The van der Waals surface area contributed by atoms with Crippen LogP contribution in [0.1, 0.15) is 11.4 Å². The maximum absolute atomic E-state index is 9.35. The van der Waals surface area contributed by atoms with Gasteiger partial charge in [0.05, 0.1) is 6.54 Å². The third-order valence-electron chi connectivity index (χ3n) is 2.86. The van der Waals surface area contributed by atoms with Crippen LogP contribution in [-0.4, -0.2) is 9.67 Å². The molecule has 4 N–H and O–H groups in total. The third kappa shape index (κ3) is 2.60. The van der Waals surface area contributed by atoms with E-state index in [4.69, 9.17) is 5.73 Å². The number of rotatable bonds is 4. The van der Waals surface area contributed by atoms with E-state index in [2.05, 4.69) is 16.0 Å². The van der Waals surface area contributed by atoms with Gasteiger partial charge in [0.25, 0.3) is 0 Å². The van der Waals surface area contributed by atoms with Crippen molar-refractivity contribution in [2.24, 2.45) is 12.8 Å². The molecule has 0 saturated carbocycles. The van der Waals surface area contributed by atoms with Crippen LogP contribution in [0.5, 0.6) is 5.75 Å². The predicted molar refractivity (Wildman–Crippen MR) is 68.7 cm³/mol. The Balaban J connectivity index is 2.05. The number of aromatic hydroxyl groups is 1. The SMILES string of the molecule is Cn1c(CN)ccc1CNc1cccc(O)c1. The highest BCUT2D eigenvalue weighted by molar-refractivity contribution is 5.47. The minimum atomic E-state index is 0.268. The average Bonchev–Trinajstić information content (AvgIpc) is 2.67. The highest BCUT2D eigenvalue weighted by Crippen LogP contribution is 2.16. The maximum Gasteiger partial charge on any atom is 0.117 e. The molecule has 0 spiro atoms. The molecule has 17 heavy (non-hydrogen) atoms. The van der Waals surface area contributed by atoms with Crippen LogP contribution in [-0.2, 0) is 20.1 Å². The number of hydrogen-bond donors (Lipinski definition) is 3. The lowest BCUT2D eigenvalue weighted by Crippen LogP contribution is -2.08. The summed E-state index contributed by atoms with van der Waals surface area (Å²) in [6.07, 6.45) is 0. The van der Waals surface area contributed by atoms with E-state index >= 15 is 0 Å². The van der Waals surface area contributed by atoms with E-state index < -0.39 is 0 Å². The molecule has 2 aromatic rings. The first-order valence-electron chi connectivity index (χ1n) is 5.57. The van der Waals surface area contributed by atoms with Crippen molar-refractivity contribution in [1.82, 2.24) is 4.57 Å². The molecule has 0 aliphatic heterocycles. The second-order valence-corrected chi connectivity index (χ2v) is 3.98. The summed E-state index contributed by atoms with van der Waals surface area (Å²) in [6, 6.07) is 11.2. The summed E-state index contributed by atoms with van der Waals surface area (Å²) in [5.41, 5.74) is 8.79. The largest absolute Gasteiger partial charge is 0.508 e. The zero-order valence-electron chi connectivity index (χ0n) is 9.85. The van der Waals surface area contributed by atoms with Crippen molar-refractivity contribution in [2.75, 3.05) is 5.32 Å². The Kier molecular flexibility index (Phi) is 3.35. The van der Waals surface area contributed by atoms with Gasteiger partial charge in [0.15, 0.2) is 0 Å². The number of nitrogens with one attached hydrogen (secondary N) is 1. The summed E-state index contributed by atoms with van der Waals surface area (Å²) in [5.74, 6) is 0.268. The lowest BCUT2D eigenvalue weighted by atomic mass is 10.3. The van der Waals surface area contributed by atoms with Gasteiger partial charge in [0, 0.05) is 36.7 Å². The number of aromatic nitrogens is 1. The van der Waals surface area contributed by atoms with E-state index in [9.17, 15) is 5.11 Å². The molecule has 0 saturated heterocycles. The number of benzene rings is 1. The molecule has 2 rings (SSSR count). The van der Waals surface area contributed by atoms with Gasteiger partial charge in [-0.3, -0.25) is 0 Å². The van der Waals surface area contributed by atoms with Gasteiger partial charge in [0.1, 0.15) is 5.75 Å². The van der Waals surface area contributed by atoms with Gasteiger partial charge in [0.2, 0.25) is 0 Å². The van der Waals surface area contributed by atoms with Crippen LogP contribution in [0, 0.1) is 0 Å². The van der Waals surface area contributed by atoms with E-state index in [1.807, 2.05) is 25.2 Å². The van der Waals surface area contributed by atoms with Crippen molar-refractivity contribution < 1.29 is 5.11 Å². The Hall–Kier alpha value is -1.94. The molecule has 0 amide bonds. The summed E-state index contributed by atoms with van der Waals surface area (Å²) in [4.78, 5) is 0. The lowest BCUT2D eigenvalue weighted by Gasteiger charge is -2.09. The summed E-state index contributed by atoms with van der Waals surface area (Å²) in [7, 11) is 2.00. The van der Waals surface area contributed by atoms with Crippen molar-refractivity contribution in [3.63, 3.8) is 0 Å². The number of nitrogens with two attached hydrogens (primary N) is 1. The monoisotopic (exact) mass is 231 g/mol. The number of hydrogen-bond acceptors (Lipinski definition) is 3. The predicted octanol–water partition coefficient (Wildman–Crippen LogP) is 1.80. The minimum absolute atomic E-state index is 0.268. The van der Waals surface area contributed by atoms with Crippen LogP contribution < -0.4 is 11.1 Å². The molecule has 1 aromatic carbocycles. The van der Waals surface area contributed by atoms with Crippen molar-refractivity contribution in [3.05, 3.63) is 47.8 Å². The fraction of sp³-hybridized carbons (Fsp3) is 0.231. The molecular weight excluding hydrogens is 214 g/mol. The van der Waals surface area contributed by atoms with Crippen molar-refractivity contribution in [2.45, 2.75) is 13.1 Å². The van der Waals surface area contributed by atoms with E-state index in [0.717, 1.165) is 17.1 Å². The molecule has 0 aliphatic rings. The van der Waals surface area contributed by atoms with E-state index in [1.165, 1.54) is 0 Å². The smallest absolute Gasteiger partial charge is 0.117 e. The van der Waals surface area contributed by atoms with Gasteiger partial charge < -0.3 is 20.7 Å². The van der Waals surface area contributed by atoms with Crippen molar-refractivity contribution in [1.29, 1.82) is 0 Å². The molecule has 0 bridgehead atoms. The molecule has 0 unspecified atom stereocenters. The highest BCUT2D eigenvalue weighted by atomic mass is 16.3. The lowest BCUT2D eigenvalue weighted by molar-refractivity contribution is 0.475. The fourth-order valence-electron chi connectivity index (χ4n) is 1.79. The number of nitrogens with zero attached hydrogens (tertiary/aromatic N) is 1. The van der Waals surface area contributed by atoms with Crippen LogP contribution in [0.4, 0.5) is 5.69 Å². The van der Waals surface area contributed by atoms with Crippen molar-refractivity contribution >= 4 is 5.69 Å². The first-order valence-corrected chi connectivity index (χ1v) is 5.57. The van der Waals surface area contributed by atoms with Gasteiger partial charge in [-0.2, -0.15) is 0 Å². The van der Waals surface area contributed by atoms with E-state index in [1.54, 1.807) is 12.1 Å². The summed E-state index contributed by atoms with van der Waals surface area (Å²) >= 11 is 0. The summed E-state index contributed by atoms with van der Waals surface area (Å²) in [5, 5.41) is 12.6. The van der Waals surface area contributed by atoms with Gasteiger partial charge in [-0.1, -0.05) is 6.07 Å². The maximum atomic E-state index is 9.35. The molecule has 4 heteroatoms. The van der Waals surface area contributed by atoms with Gasteiger partial charge in [-0.15, -0.1) is 0 Å². The molecular formula is C13H17N3O. The third-order valence-corrected chi connectivity index (χ3v) is 2.86. The molecule has 90 valence electrons. The average molecular weight is 231 g/mol. The zero-order chi connectivity index (χ0) is 12.3. The second-order valence-electron chi connectivity index (χ2n) is 3.98. The minimum Gasteiger partial charge on any atom is -0.508 e. The highest BCUT2D eigenvalue weighted by Gasteiger charge is 2.02. The molecule has 0 aliphatic carbocycles. The number of anilines is 1. The molecule has 0 fully saturated rings. The Morgan fingerprint density at radius 3 is 2.65 bits per heavy atom. The van der Waals surface area contributed by atoms with Gasteiger partial charge in [-0.05, 0) is 24.3 Å². The Morgan fingerprint density at radius 2 is 2.00 bits per heavy atom. The van der Waals surface area contributed by atoms with Crippen LogP contribution in [0.3, 0.4) is 0 Å². The van der Waals surface area contributed by atoms with E-state index in [0.29, 0.717) is 13.1 Å². The number of phenols is 1. The van der Waals surface area contributed by atoms with Crippen molar-refractivity contribution in [3.8, 4) is 5.75 Å². The summed E-state index contributed by atoms with van der Waals surface area (Å²) in [6.45, 7) is 1.25. The van der Waals surface area contributed by atoms with Crippen LogP contribution in [0.2, 0.25) is 0 Å². The van der Waals surface area contributed by atoms with Crippen LogP contribution >= 0.6 is 0 Å². The zero-order valence-corrected chi connectivity index (χ0v) is 9.85. The molecule has 1 aromatic heterocycles. The normalized spacial score (nSPS) is 10.5. The first kappa shape index (κ1) is 11.5. The Morgan fingerprint density at radius 1 is 1.24 bits per heavy atom. The standard InChI is InChI=1S/C13H17N3O/c1-16-11(8-14)5-6-12(16)9-15-10-3-2-4-13(17)7-10/h2-7,15,17H,8-9,14H2,1H3. The molecule has 0 atom stereocenters. The molecule has 4 nitrogen and oxygen atoms in total.